The fourth-order valence-electron chi connectivity index (χ4n) is 1.40. The third-order valence-electron chi connectivity index (χ3n) is 2.32. The Morgan fingerprint density at radius 2 is 1.89 bits per heavy atom. The third kappa shape index (κ3) is 2.56. The fourth-order valence-corrected chi connectivity index (χ4v) is 2.64. The predicted molar refractivity (Wildman–Crippen MR) is 70.7 cm³/mol. The number of hydrogen-bond acceptors (Lipinski definition) is 5. The van der Waals surface area contributed by atoms with E-state index in [9.17, 15) is 8.42 Å². The lowest BCUT2D eigenvalue weighted by atomic mass is 10.3. The van der Waals surface area contributed by atoms with Crippen LogP contribution in [-0.4, -0.2) is 29.1 Å². The van der Waals surface area contributed by atoms with Crippen LogP contribution in [0.4, 0.5) is 0 Å². The van der Waals surface area contributed by atoms with Gasteiger partial charge in [-0.05, 0) is 28.1 Å². The van der Waals surface area contributed by atoms with Gasteiger partial charge in [-0.1, -0.05) is 6.92 Å². The molecule has 7 heteroatoms. The van der Waals surface area contributed by atoms with Crippen molar-refractivity contribution >= 4 is 25.8 Å². The Bertz CT molecular complexity index is 656. The number of sulfone groups is 1. The van der Waals surface area contributed by atoms with Gasteiger partial charge < -0.3 is 0 Å². The molecule has 0 unspecified atom stereocenters. The molecule has 94 valence electrons. The Kier molecular flexibility index (Phi) is 3.72. The Morgan fingerprint density at radius 1 is 1.22 bits per heavy atom. The van der Waals surface area contributed by atoms with Gasteiger partial charge in [-0.25, -0.2) is 18.4 Å². The smallest absolute Gasteiger partial charge is 0.180 e. The molecule has 0 radical (unpaired) electrons. The van der Waals surface area contributed by atoms with Gasteiger partial charge in [-0.15, -0.1) is 0 Å². The van der Waals surface area contributed by atoms with Crippen molar-refractivity contribution in [1.29, 1.82) is 0 Å². The SMILES string of the molecule is CCS(=O)(=O)c1cccnc1-c1ncc(Br)cn1. The van der Waals surface area contributed by atoms with Gasteiger partial charge >= 0.3 is 0 Å². The monoisotopic (exact) mass is 327 g/mol. The van der Waals surface area contributed by atoms with Crippen LogP contribution in [0, 0.1) is 0 Å². The first-order valence-electron chi connectivity index (χ1n) is 5.20. The van der Waals surface area contributed by atoms with Crippen LogP contribution in [0.2, 0.25) is 0 Å². The lowest BCUT2D eigenvalue weighted by Gasteiger charge is -2.06. The molecule has 2 rings (SSSR count). The van der Waals surface area contributed by atoms with Crippen molar-refractivity contribution in [1.82, 2.24) is 15.0 Å². The Labute approximate surface area is 113 Å². The summed E-state index contributed by atoms with van der Waals surface area (Å²) in [6, 6.07) is 3.11. The number of aromatic nitrogens is 3. The van der Waals surface area contributed by atoms with E-state index < -0.39 is 9.84 Å². The quantitative estimate of drug-likeness (QED) is 0.863. The van der Waals surface area contributed by atoms with Crippen molar-refractivity contribution in [3.8, 4) is 11.5 Å². The van der Waals surface area contributed by atoms with Gasteiger partial charge in [0, 0.05) is 18.6 Å². The molecular weight excluding hydrogens is 318 g/mol. The molecule has 0 saturated carbocycles. The van der Waals surface area contributed by atoms with Gasteiger partial charge in [-0.2, -0.15) is 0 Å². The standard InChI is InChI=1S/C11H10BrN3O2S/c1-2-18(16,17)9-4-3-5-13-10(9)11-14-6-8(12)7-15-11/h3-7H,2H2,1H3. The molecule has 0 fully saturated rings. The second-order valence-electron chi connectivity index (χ2n) is 3.48. The van der Waals surface area contributed by atoms with E-state index in [2.05, 4.69) is 30.9 Å². The van der Waals surface area contributed by atoms with E-state index in [4.69, 9.17) is 0 Å². The zero-order valence-corrected chi connectivity index (χ0v) is 11.9. The summed E-state index contributed by atoms with van der Waals surface area (Å²) in [7, 11) is -3.34. The van der Waals surface area contributed by atoms with Gasteiger partial charge in [0.2, 0.25) is 0 Å². The van der Waals surface area contributed by atoms with E-state index in [-0.39, 0.29) is 16.3 Å². The van der Waals surface area contributed by atoms with E-state index in [0.717, 1.165) is 4.47 Å². The van der Waals surface area contributed by atoms with Crippen molar-refractivity contribution in [2.24, 2.45) is 0 Å². The number of nitrogens with zero attached hydrogens (tertiary/aromatic N) is 3. The van der Waals surface area contributed by atoms with Crippen LogP contribution in [0.1, 0.15) is 6.92 Å². The van der Waals surface area contributed by atoms with Gasteiger partial charge in [0.15, 0.2) is 15.7 Å². The summed E-state index contributed by atoms with van der Waals surface area (Å²) in [6.07, 6.45) is 4.63. The molecule has 0 atom stereocenters. The first-order valence-corrected chi connectivity index (χ1v) is 7.65. The minimum Gasteiger partial charge on any atom is -0.252 e. The van der Waals surface area contributed by atoms with Crippen LogP contribution in [0.25, 0.3) is 11.5 Å². The summed E-state index contributed by atoms with van der Waals surface area (Å²) >= 11 is 3.23. The van der Waals surface area contributed by atoms with E-state index in [1.54, 1.807) is 25.4 Å². The highest BCUT2D eigenvalue weighted by Crippen LogP contribution is 2.23. The van der Waals surface area contributed by atoms with E-state index in [1.807, 2.05) is 0 Å². The van der Waals surface area contributed by atoms with Crippen LogP contribution in [0.15, 0.2) is 40.1 Å². The second kappa shape index (κ2) is 5.11. The van der Waals surface area contributed by atoms with Crippen LogP contribution in [0.3, 0.4) is 0 Å². The maximum atomic E-state index is 12.0. The molecular formula is C11H10BrN3O2S. The van der Waals surface area contributed by atoms with Gasteiger partial charge in [-0.3, -0.25) is 4.98 Å². The molecule has 18 heavy (non-hydrogen) atoms. The van der Waals surface area contributed by atoms with E-state index in [1.165, 1.54) is 12.3 Å². The number of rotatable bonds is 3. The molecule has 0 saturated heterocycles. The topological polar surface area (TPSA) is 72.8 Å². The Balaban J connectivity index is 2.62. The number of hydrogen-bond donors (Lipinski definition) is 0. The normalized spacial score (nSPS) is 11.4. The number of halogens is 1. The Hall–Kier alpha value is -1.34. The van der Waals surface area contributed by atoms with Crippen LogP contribution < -0.4 is 0 Å². The zero-order valence-electron chi connectivity index (χ0n) is 9.54. The minimum absolute atomic E-state index is 0.0161. The average molecular weight is 328 g/mol. The zero-order chi connectivity index (χ0) is 13.2. The summed E-state index contributed by atoms with van der Waals surface area (Å²) < 4.78 is 24.6. The molecule has 2 aromatic heterocycles. The van der Waals surface area contributed by atoms with Crippen LogP contribution in [0.5, 0.6) is 0 Å². The van der Waals surface area contributed by atoms with E-state index >= 15 is 0 Å². The van der Waals surface area contributed by atoms with Crippen LogP contribution >= 0.6 is 15.9 Å². The molecule has 0 aliphatic carbocycles. The summed E-state index contributed by atoms with van der Waals surface area (Å²) in [5.41, 5.74) is 0.284. The van der Waals surface area contributed by atoms with Crippen molar-refractivity contribution in [3.63, 3.8) is 0 Å². The van der Waals surface area contributed by atoms with Gasteiger partial charge in [0.25, 0.3) is 0 Å². The van der Waals surface area contributed by atoms with Gasteiger partial charge in [0.1, 0.15) is 5.69 Å². The van der Waals surface area contributed by atoms with Crippen molar-refractivity contribution < 1.29 is 8.42 Å². The van der Waals surface area contributed by atoms with Crippen molar-refractivity contribution in [2.45, 2.75) is 11.8 Å². The fraction of sp³-hybridized carbons (Fsp3) is 0.182. The number of pyridine rings is 1. The van der Waals surface area contributed by atoms with Crippen molar-refractivity contribution in [3.05, 3.63) is 35.2 Å². The minimum atomic E-state index is -3.34. The maximum Gasteiger partial charge on any atom is 0.180 e. The first-order chi connectivity index (χ1) is 8.54. The summed E-state index contributed by atoms with van der Waals surface area (Å²) in [5.74, 6) is 0.313. The molecule has 2 aromatic rings. The molecule has 0 spiro atoms. The maximum absolute atomic E-state index is 12.0. The highest BCUT2D eigenvalue weighted by molar-refractivity contribution is 9.10. The molecule has 5 nitrogen and oxygen atoms in total. The lowest BCUT2D eigenvalue weighted by molar-refractivity contribution is 0.597. The van der Waals surface area contributed by atoms with Gasteiger partial charge in [0.05, 0.1) is 15.1 Å². The molecule has 0 aromatic carbocycles. The highest BCUT2D eigenvalue weighted by atomic mass is 79.9. The largest absolute Gasteiger partial charge is 0.252 e. The van der Waals surface area contributed by atoms with Crippen molar-refractivity contribution in [2.75, 3.05) is 5.75 Å². The highest BCUT2D eigenvalue weighted by Gasteiger charge is 2.19. The molecule has 2 heterocycles. The molecule has 0 N–H and O–H groups in total. The predicted octanol–water partition coefficient (Wildman–Crippen LogP) is 2.09. The third-order valence-corrected chi connectivity index (χ3v) is 4.49. The molecule has 0 bridgehead atoms. The molecule has 0 aliphatic rings. The summed E-state index contributed by atoms with van der Waals surface area (Å²) in [5, 5.41) is 0. The summed E-state index contributed by atoms with van der Waals surface area (Å²) in [6.45, 7) is 1.59. The summed E-state index contributed by atoms with van der Waals surface area (Å²) in [4.78, 5) is 12.4. The Morgan fingerprint density at radius 3 is 2.50 bits per heavy atom. The molecule has 0 amide bonds. The second-order valence-corrected chi connectivity index (χ2v) is 6.64. The lowest BCUT2D eigenvalue weighted by Crippen LogP contribution is -2.07. The first kappa shape index (κ1) is 13.1. The van der Waals surface area contributed by atoms with E-state index in [0.29, 0.717) is 5.82 Å². The average Bonchev–Trinajstić information content (AvgIpc) is 2.40. The van der Waals surface area contributed by atoms with Crippen LogP contribution in [-0.2, 0) is 9.84 Å². The molecule has 0 aliphatic heterocycles.